The Hall–Kier alpha value is -0.760. The summed E-state index contributed by atoms with van der Waals surface area (Å²) in [5.41, 5.74) is 2.61. The summed E-state index contributed by atoms with van der Waals surface area (Å²) >= 11 is 0. The maximum absolute atomic E-state index is 10.8. The second kappa shape index (κ2) is 4.99. The lowest BCUT2D eigenvalue weighted by Gasteiger charge is -1.90. The Labute approximate surface area is 77.0 Å². The molecule has 0 N–H and O–H groups in total. The van der Waals surface area contributed by atoms with Gasteiger partial charge in [-0.3, -0.25) is 0 Å². The first-order valence-electron chi connectivity index (χ1n) is 3.17. The summed E-state index contributed by atoms with van der Waals surface area (Å²) in [5.74, 6) is 0. The minimum atomic E-state index is -3.68. The number of hydrogen-bond acceptors (Lipinski definition) is 2. The Balaban J connectivity index is 5.10. The molecule has 0 spiro atoms. The number of allylic oxidation sites excluding steroid dienone is 3. The Morgan fingerprint density at radius 1 is 1.58 bits per heavy atom. The summed E-state index contributed by atoms with van der Waals surface area (Å²) in [7, 11) is 1.41. The normalized spacial score (nSPS) is 11.7. The van der Waals surface area contributed by atoms with Crippen molar-refractivity contribution in [2.75, 3.05) is 0 Å². The molecule has 0 saturated carbocycles. The molecule has 0 amide bonds. The third-order valence-corrected chi connectivity index (χ3v) is 2.31. The monoisotopic (exact) mass is 204 g/mol. The minimum absolute atomic E-state index is 0.0164. The van der Waals surface area contributed by atoms with Crippen molar-refractivity contribution >= 4 is 19.7 Å². The van der Waals surface area contributed by atoms with Gasteiger partial charge in [0, 0.05) is 10.7 Å². The molecule has 0 heterocycles. The van der Waals surface area contributed by atoms with Gasteiger partial charge in [0.2, 0.25) is 0 Å². The van der Waals surface area contributed by atoms with Crippen LogP contribution in [0.3, 0.4) is 0 Å². The van der Waals surface area contributed by atoms with Crippen LogP contribution in [0.2, 0.25) is 0 Å². The first-order valence-corrected chi connectivity index (χ1v) is 5.47. The summed E-state index contributed by atoms with van der Waals surface area (Å²) in [4.78, 5) is -0.0164. The van der Waals surface area contributed by atoms with Gasteiger partial charge >= 0.3 is 0 Å². The van der Waals surface area contributed by atoms with Crippen molar-refractivity contribution in [2.24, 2.45) is 0 Å². The highest BCUT2D eigenvalue weighted by Crippen LogP contribution is 2.12. The van der Waals surface area contributed by atoms with Gasteiger partial charge in [-0.15, -0.1) is 5.73 Å². The van der Waals surface area contributed by atoms with Crippen LogP contribution in [0, 0.1) is 0 Å². The number of halogens is 1. The van der Waals surface area contributed by atoms with Gasteiger partial charge in [-0.05, 0) is 25.2 Å². The average Bonchev–Trinajstić information content (AvgIpc) is 1.95. The fourth-order valence-corrected chi connectivity index (χ4v) is 1.24. The molecular formula is C8H9ClO2S. The van der Waals surface area contributed by atoms with E-state index >= 15 is 0 Å². The highest BCUT2D eigenvalue weighted by atomic mass is 35.7. The molecule has 0 aromatic heterocycles. The Kier molecular flexibility index (Phi) is 4.67. The van der Waals surface area contributed by atoms with E-state index in [0.717, 1.165) is 0 Å². The van der Waals surface area contributed by atoms with Crippen molar-refractivity contribution in [3.63, 3.8) is 0 Å². The largest absolute Gasteiger partial charge is 0.261 e. The van der Waals surface area contributed by atoms with Gasteiger partial charge in [0.15, 0.2) is 0 Å². The fraction of sp³-hybridized carbons (Fsp3) is 0.125. The maximum atomic E-state index is 10.8. The molecule has 0 aliphatic rings. The van der Waals surface area contributed by atoms with Crippen LogP contribution in [0.25, 0.3) is 0 Å². The molecule has 0 aliphatic carbocycles. The fourth-order valence-electron chi connectivity index (χ4n) is 0.481. The van der Waals surface area contributed by atoms with E-state index in [2.05, 4.69) is 12.3 Å². The van der Waals surface area contributed by atoms with Gasteiger partial charge in [-0.25, -0.2) is 8.42 Å². The molecular weight excluding hydrogens is 196 g/mol. The van der Waals surface area contributed by atoms with Crippen LogP contribution in [0.15, 0.2) is 41.5 Å². The van der Waals surface area contributed by atoms with Gasteiger partial charge in [-0.1, -0.05) is 12.7 Å². The summed E-state index contributed by atoms with van der Waals surface area (Å²) < 4.78 is 21.6. The topological polar surface area (TPSA) is 34.1 Å². The minimum Gasteiger partial charge on any atom is -0.207 e. The lowest BCUT2D eigenvalue weighted by atomic mass is 10.4. The quantitative estimate of drug-likeness (QED) is 0.402. The molecule has 0 fully saturated rings. The summed E-state index contributed by atoms with van der Waals surface area (Å²) in [6.45, 7) is 5.09. The molecule has 0 aromatic carbocycles. The summed E-state index contributed by atoms with van der Waals surface area (Å²) in [6.07, 6.45) is 5.52. The zero-order valence-corrected chi connectivity index (χ0v) is 8.19. The number of hydrogen-bond donors (Lipinski definition) is 0. The average molecular weight is 205 g/mol. The SMILES string of the molecule is C=CC=C(C=C=CC)S(=O)(=O)Cl. The predicted molar refractivity (Wildman–Crippen MR) is 51.4 cm³/mol. The zero-order chi connectivity index (χ0) is 9.61. The molecule has 66 valence electrons. The number of rotatable bonds is 3. The Morgan fingerprint density at radius 3 is 2.50 bits per heavy atom. The molecule has 0 radical (unpaired) electrons. The van der Waals surface area contributed by atoms with E-state index in [-0.39, 0.29) is 4.91 Å². The second-order valence-corrected chi connectivity index (χ2v) is 4.41. The van der Waals surface area contributed by atoms with Gasteiger partial charge in [0.1, 0.15) is 0 Å². The van der Waals surface area contributed by atoms with Crippen molar-refractivity contribution in [1.29, 1.82) is 0 Å². The van der Waals surface area contributed by atoms with E-state index in [1.165, 1.54) is 18.2 Å². The maximum Gasteiger partial charge on any atom is 0.261 e. The molecule has 4 heteroatoms. The van der Waals surface area contributed by atoms with Crippen LogP contribution < -0.4 is 0 Å². The van der Waals surface area contributed by atoms with E-state index < -0.39 is 9.05 Å². The molecule has 0 bridgehead atoms. The standard InChI is InChI=1S/C8H9ClO2S/c1-3-5-7-8(6-4-2)12(9,10)11/h3-4,6-7H,2H2,1H3. The predicted octanol–water partition coefficient (Wildman–Crippen LogP) is 2.36. The first-order chi connectivity index (χ1) is 5.52. The van der Waals surface area contributed by atoms with Crippen molar-refractivity contribution in [1.82, 2.24) is 0 Å². The molecule has 0 saturated heterocycles. The third kappa shape index (κ3) is 4.19. The van der Waals surface area contributed by atoms with Crippen LogP contribution >= 0.6 is 10.7 Å². The highest BCUT2D eigenvalue weighted by molar-refractivity contribution is 8.17. The van der Waals surface area contributed by atoms with Gasteiger partial charge in [0.05, 0.1) is 4.91 Å². The lowest BCUT2D eigenvalue weighted by Crippen LogP contribution is -1.90. The second-order valence-electron chi connectivity index (χ2n) is 1.84. The molecule has 0 rings (SSSR count). The summed E-state index contributed by atoms with van der Waals surface area (Å²) in [6, 6.07) is 0. The lowest BCUT2D eigenvalue weighted by molar-refractivity contribution is 0.615. The third-order valence-electron chi connectivity index (χ3n) is 0.956. The molecule has 12 heavy (non-hydrogen) atoms. The Morgan fingerprint density at radius 2 is 2.17 bits per heavy atom. The van der Waals surface area contributed by atoms with Crippen LogP contribution in [-0.4, -0.2) is 8.42 Å². The van der Waals surface area contributed by atoms with E-state index in [1.54, 1.807) is 13.0 Å². The van der Waals surface area contributed by atoms with Crippen LogP contribution in [-0.2, 0) is 9.05 Å². The first kappa shape index (κ1) is 11.2. The molecule has 0 aliphatic heterocycles. The molecule has 0 aromatic rings. The van der Waals surface area contributed by atoms with Crippen LogP contribution in [0.1, 0.15) is 6.92 Å². The van der Waals surface area contributed by atoms with Crippen molar-refractivity contribution < 1.29 is 8.42 Å². The zero-order valence-electron chi connectivity index (χ0n) is 6.62. The van der Waals surface area contributed by atoms with E-state index in [4.69, 9.17) is 10.7 Å². The van der Waals surface area contributed by atoms with Gasteiger partial charge < -0.3 is 0 Å². The highest BCUT2D eigenvalue weighted by Gasteiger charge is 2.08. The van der Waals surface area contributed by atoms with Crippen molar-refractivity contribution in [3.8, 4) is 0 Å². The Bertz CT molecular complexity index is 343. The van der Waals surface area contributed by atoms with E-state index in [1.807, 2.05) is 0 Å². The smallest absolute Gasteiger partial charge is 0.207 e. The van der Waals surface area contributed by atoms with Gasteiger partial charge in [-0.2, -0.15) is 0 Å². The van der Waals surface area contributed by atoms with E-state index in [0.29, 0.717) is 0 Å². The van der Waals surface area contributed by atoms with Crippen molar-refractivity contribution in [3.05, 3.63) is 41.5 Å². The van der Waals surface area contributed by atoms with Crippen molar-refractivity contribution in [2.45, 2.75) is 6.92 Å². The summed E-state index contributed by atoms with van der Waals surface area (Å²) in [5, 5.41) is 0. The molecule has 0 unspecified atom stereocenters. The molecule has 2 nitrogen and oxygen atoms in total. The molecule has 0 atom stereocenters. The van der Waals surface area contributed by atoms with Crippen LogP contribution in [0.5, 0.6) is 0 Å². The van der Waals surface area contributed by atoms with Crippen LogP contribution in [0.4, 0.5) is 0 Å². The van der Waals surface area contributed by atoms with Gasteiger partial charge in [0.25, 0.3) is 9.05 Å². The van der Waals surface area contributed by atoms with E-state index in [9.17, 15) is 8.42 Å².